The summed E-state index contributed by atoms with van der Waals surface area (Å²) >= 11 is 0. The number of imide groups is 1. The Hall–Kier alpha value is -4.53. The van der Waals surface area contributed by atoms with Gasteiger partial charge in [0.1, 0.15) is 30.8 Å². The molecule has 1 aromatic carbocycles. The van der Waals surface area contributed by atoms with Crippen LogP contribution in [0, 0.1) is 0 Å². The maximum absolute atomic E-state index is 13.1. The van der Waals surface area contributed by atoms with E-state index < -0.39 is 23.7 Å². The average Bonchev–Trinajstić information content (AvgIpc) is 3.60. The molecule has 0 spiro atoms. The molecule has 3 fully saturated rings. The summed E-state index contributed by atoms with van der Waals surface area (Å²) in [6.45, 7) is 1.17. The molecule has 2 aliphatic heterocycles. The fourth-order valence-electron chi connectivity index (χ4n) is 5.49. The van der Waals surface area contributed by atoms with Gasteiger partial charge in [0.2, 0.25) is 5.88 Å². The number of rotatable bonds is 6. The zero-order valence-corrected chi connectivity index (χ0v) is 22.9. The Kier molecular flexibility index (Phi) is 8.89. The summed E-state index contributed by atoms with van der Waals surface area (Å²) in [5.41, 5.74) is -0.329. The van der Waals surface area contributed by atoms with Crippen LogP contribution in [-0.4, -0.2) is 81.3 Å². The van der Waals surface area contributed by atoms with Crippen molar-refractivity contribution in [3.8, 4) is 11.6 Å². The lowest BCUT2D eigenvalue weighted by molar-refractivity contribution is -0.137. The molecule has 43 heavy (non-hydrogen) atoms. The minimum atomic E-state index is -4.61. The highest BCUT2D eigenvalue weighted by Gasteiger charge is 2.43. The van der Waals surface area contributed by atoms with Crippen molar-refractivity contribution in [2.45, 2.75) is 56.5 Å². The van der Waals surface area contributed by atoms with Gasteiger partial charge >= 0.3 is 12.2 Å². The third-order valence-electron chi connectivity index (χ3n) is 7.54. The van der Waals surface area contributed by atoms with Crippen LogP contribution in [0.2, 0.25) is 0 Å². The monoisotopic (exact) mass is 602 g/mol. The predicted molar refractivity (Wildman–Crippen MR) is 146 cm³/mol. The van der Waals surface area contributed by atoms with E-state index in [1.807, 2.05) is 18.2 Å². The second-order valence-electron chi connectivity index (χ2n) is 10.3. The van der Waals surface area contributed by atoms with Gasteiger partial charge in [-0.05, 0) is 56.8 Å². The molecule has 3 aliphatic rings. The zero-order chi connectivity index (χ0) is 30.6. The SMILES string of the molecule is O=C1CN(c2cncc(C(F)(F)F)c2)C(=O)N1C1CCC(Oc2ncnc3cc(OC4CCNC4)ccc23)CC1.O=CO. The topological polar surface area (TPSA) is 147 Å². The lowest BCUT2D eigenvalue weighted by atomic mass is 9.92. The summed E-state index contributed by atoms with van der Waals surface area (Å²) in [6, 6.07) is 5.46. The van der Waals surface area contributed by atoms with Crippen molar-refractivity contribution in [3.63, 3.8) is 0 Å². The van der Waals surface area contributed by atoms with Crippen LogP contribution in [0.4, 0.5) is 23.7 Å². The number of carbonyl (C=O) groups excluding carboxylic acids is 2. The Bertz CT molecular complexity index is 1480. The number of hydrogen-bond donors (Lipinski definition) is 2. The number of alkyl halides is 3. The first-order valence-corrected chi connectivity index (χ1v) is 13.7. The Morgan fingerprint density at radius 1 is 1.00 bits per heavy atom. The molecule has 2 N–H and O–H groups in total. The number of nitrogens with zero attached hydrogens (tertiary/aromatic N) is 5. The van der Waals surface area contributed by atoms with Crippen LogP contribution in [0.3, 0.4) is 0 Å². The molecule has 15 heteroatoms. The van der Waals surface area contributed by atoms with Gasteiger partial charge in [-0.3, -0.25) is 24.4 Å². The molecule has 228 valence electrons. The average molecular weight is 603 g/mol. The number of fused-ring (bicyclic) bond motifs is 1. The van der Waals surface area contributed by atoms with Crippen LogP contribution >= 0.6 is 0 Å². The van der Waals surface area contributed by atoms with E-state index in [0.29, 0.717) is 43.3 Å². The number of carboxylic acid groups (broad SMARTS) is 1. The molecule has 0 bridgehead atoms. The van der Waals surface area contributed by atoms with Gasteiger partial charge < -0.3 is 19.9 Å². The maximum Gasteiger partial charge on any atom is 0.417 e. The fourth-order valence-corrected chi connectivity index (χ4v) is 5.49. The number of hydrogen-bond acceptors (Lipinski definition) is 9. The fraction of sp³-hybridized carbons (Fsp3) is 0.429. The Morgan fingerprint density at radius 2 is 1.77 bits per heavy atom. The van der Waals surface area contributed by atoms with Crippen molar-refractivity contribution < 1.29 is 42.1 Å². The van der Waals surface area contributed by atoms with E-state index in [-0.39, 0.29) is 37.0 Å². The number of halogens is 3. The number of amides is 3. The van der Waals surface area contributed by atoms with Crippen molar-refractivity contribution in [3.05, 3.63) is 48.5 Å². The van der Waals surface area contributed by atoms with E-state index in [4.69, 9.17) is 19.4 Å². The molecule has 2 aromatic heterocycles. The summed E-state index contributed by atoms with van der Waals surface area (Å²) in [7, 11) is 0. The number of nitrogens with one attached hydrogen (secondary N) is 1. The van der Waals surface area contributed by atoms with E-state index in [1.54, 1.807) is 0 Å². The van der Waals surface area contributed by atoms with Crippen molar-refractivity contribution in [2.75, 3.05) is 24.5 Å². The lowest BCUT2D eigenvalue weighted by Gasteiger charge is -2.33. The summed E-state index contributed by atoms with van der Waals surface area (Å²) in [5.74, 6) is 0.750. The number of urea groups is 1. The molecule has 1 saturated carbocycles. The quantitative estimate of drug-likeness (QED) is 0.317. The lowest BCUT2D eigenvalue weighted by Crippen LogP contribution is -2.44. The molecular formula is C28H29F3N6O6. The van der Waals surface area contributed by atoms with Crippen LogP contribution in [0.25, 0.3) is 10.9 Å². The number of anilines is 1. The van der Waals surface area contributed by atoms with E-state index >= 15 is 0 Å². The molecule has 2 saturated heterocycles. The van der Waals surface area contributed by atoms with Gasteiger partial charge in [-0.25, -0.2) is 14.8 Å². The van der Waals surface area contributed by atoms with Gasteiger partial charge in [-0.1, -0.05) is 0 Å². The van der Waals surface area contributed by atoms with Crippen molar-refractivity contribution in [2.24, 2.45) is 0 Å². The van der Waals surface area contributed by atoms with E-state index in [2.05, 4.69) is 20.3 Å². The highest BCUT2D eigenvalue weighted by atomic mass is 19.4. The maximum atomic E-state index is 13.1. The molecule has 12 nitrogen and oxygen atoms in total. The number of pyridine rings is 1. The van der Waals surface area contributed by atoms with Gasteiger partial charge in [0.25, 0.3) is 12.4 Å². The van der Waals surface area contributed by atoms with Crippen molar-refractivity contribution >= 4 is 35.0 Å². The summed E-state index contributed by atoms with van der Waals surface area (Å²) in [5, 5.41) is 10.9. The summed E-state index contributed by atoms with van der Waals surface area (Å²) < 4.78 is 51.6. The summed E-state index contributed by atoms with van der Waals surface area (Å²) in [6.07, 6.45) is 1.76. The van der Waals surface area contributed by atoms with Gasteiger partial charge in [-0.2, -0.15) is 13.2 Å². The number of benzene rings is 1. The van der Waals surface area contributed by atoms with Gasteiger partial charge in [0.15, 0.2) is 0 Å². The number of carbonyl (C=O) groups is 3. The molecule has 1 atom stereocenters. The Balaban J connectivity index is 0.00000118. The first-order chi connectivity index (χ1) is 20.7. The third-order valence-corrected chi connectivity index (χ3v) is 7.54. The third kappa shape index (κ3) is 6.77. The summed E-state index contributed by atoms with van der Waals surface area (Å²) in [4.78, 5) is 48.7. The number of aromatic nitrogens is 3. The molecule has 4 heterocycles. The molecular weight excluding hydrogens is 573 g/mol. The highest BCUT2D eigenvalue weighted by Crippen LogP contribution is 2.35. The minimum Gasteiger partial charge on any atom is -0.489 e. The standard InChI is InChI=1S/C27H27F3N6O4.CH2O2/c28-27(29,30)16-9-18(12-32-11-16)35-14-24(37)36(26(35)38)17-1-3-19(4-2-17)40-25-22-6-5-20(10-23(22)33-15-34-25)39-21-7-8-31-13-21;2-1-3/h5-6,9-12,15,17,19,21,31H,1-4,7-8,13-14H2;1H,(H,2,3). The van der Waals surface area contributed by atoms with Crippen LogP contribution in [0.15, 0.2) is 43.0 Å². The van der Waals surface area contributed by atoms with Gasteiger partial charge in [0, 0.05) is 24.8 Å². The predicted octanol–water partition coefficient (Wildman–Crippen LogP) is 3.64. The first kappa shape index (κ1) is 29.9. The minimum absolute atomic E-state index is 0.0585. The van der Waals surface area contributed by atoms with Crippen LogP contribution < -0.4 is 19.7 Å². The molecule has 1 aliphatic carbocycles. The largest absolute Gasteiger partial charge is 0.489 e. The second-order valence-corrected chi connectivity index (χ2v) is 10.3. The van der Waals surface area contributed by atoms with E-state index in [0.717, 1.165) is 52.7 Å². The van der Waals surface area contributed by atoms with Gasteiger partial charge in [0.05, 0.1) is 28.4 Å². The van der Waals surface area contributed by atoms with Crippen LogP contribution in [-0.2, 0) is 15.8 Å². The van der Waals surface area contributed by atoms with Gasteiger partial charge in [-0.15, -0.1) is 0 Å². The molecule has 6 rings (SSSR count). The second kappa shape index (κ2) is 12.8. The molecule has 3 amide bonds. The van der Waals surface area contributed by atoms with Crippen LogP contribution in [0.1, 0.15) is 37.7 Å². The first-order valence-electron chi connectivity index (χ1n) is 13.7. The molecule has 3 aromatic rings. The Morgan fingerprint density at radius 3 is 2.47 bits per heavy atom. The number of ether oxygens (including phenoxy) is 2. The highest BCUT2D eigenvalue weighted by molar-refractivity contribution is 6.12. The normalized spacial score (nSPS) is 22.3. The molecule has 1 unspecified atom stereocenters. The molecule has 0 radical (unpaired) electrons. The van der Waals surface area contributed by atoms with Crippen LogP contribution in [0.5, 0.6) is 11.6 Å². The Labute approximate surface area is 243 Å². The smallest absolute Gasteiger partial charge is 0.417 e. The zero-order valence-electron chi connectivity index (χ0n) is 22.9. The van der Waals surface area contributed by atoms with E-state index in [1.165, 1.54) is 6.33 Å². The van der Waals surface area contributed by atoms with Crippen molar-refractivity contribution in [1.82, 2.24) is 25.2 Å². The van der Waals surface area contributed by atoms with E-state index in [9.17, 15) is 22.8 Å². The van der Waals surface area contributed by atoms with Crippen molar-refractivity contribution in [1.29, 1.82) is 0 Å².